The molecular formula is C18H25IN6. The summed E-state index contributed by atoms with van der Waals surface area (Å²) >= 11 is 2.09. The lowest BCUT2D eigenvalue weighted by Crippen LogP contribution is -2.26. The molecule has 2 aromatic rings. The molecule has 1 unspecified atom stereocenters. The molecule has 2 N–H and O–H groups in total. The maximum Gasteiger partial charge on any atom is 0.224 e. The zero-order chi connectivity index (χ0) is 17.7. The second-order valence-electron chi connectivity index (χ2n) is 7.39. The molecule has 6 nitrogen and oxygen atoms in total. The van der Waals surface area contributed by atoms with Crippen LogP contribution in [0.5, 0.6) is 0 Å². The van der Waals surface area contributed by atoms with Gasteiger partial charge in [0, 0.05) is 41.0 Å². The van der Waals surface area contributed by atoms with E-state index in [-0.39, 0.29) is 0 Å². The van der Waals surface area contributed by atoms with Gasteiger partial charge in [-0.2, -0.15) is 4.98 Å². The van der Waals surface area contributed by atoms with Crippen LogP contribution >= 0.6 is 22.6 Å². The largest absolute Gasteiger partial charge is 0.351 e. The minimum absolute atomic E-state index is 0.439. The molecule has 134 valence electrons. The van der Waals surface area contributed by atoms with Crippen molar-refractivity contribution in [3.05, 3.63) is 28.4 Å². The van der Waals surface area contributed by atoms with Gasteiger partial charge in [0.1, 0.15) is 11.6 Å². The number of aromatic nitrogens is 4. The third kappa shape index (κ3) is 5.76. The van der Waals surface area contributed by atoms with Gasteiger partial charge in [0.2, 0.25) is 5.95 Å². The Morgan fingerprint density at radius 3 is 2.56 bits per heavy atom. The summed E-state index contributed by atoms with van der Waals surface area (Å²) in [6.45, 7) is 4.75. The van der Waals surface area contributed by atoms with Crippen LogP contribution in [0.25, 0.3) is 0 Å². The summed E-state index contributed by atoms with van der Waals surface area (Å²) in [7, 11) is 0. The second-order valence-corrected chi connectivity index (χ2v) is 8.36. The molecule has 1 saturated carbocycles. The van der Waals surface area contributed by atoms with E-state index in [9.17, 15) is 0 Å². The predicted molar refractivity (Wildman–Crippen MR) is 109 cm³/mol. The average Bonchev–Trinajstić information content (AvgIpc) is 2.55. The maximum absolute atomic E-state index is 4.59. The molecule has 2 aromatic heterocycles. The minimum Gasteiger partial charge on any atom is -0.351 e. The molecule has 0 radical (unpaired) electrons. The Morgan fingerprint density at radius 1 is 1.00 bits per heavy atom. The van der Waals surface area contributed by atoms with Crippen LogP contribution in [0, 0.1) is 9.25 Å². The van der Waals surface area contributed by atoms with E-state index in [1.807, 2.05) is 12.1 Å². The van der Waals surface area contributed by atoms with Gasteiger partial charge in [-0.15, -0.1) is 0 Å². The number of nitrogens with zero attached hydrogens (tertiary/aromatic N) is 4. The highest BCUT2D eigenvalue weighted by molar-refractivity contribution is 14.1. The quantitative estimate of drug-likeness (QED) is 0.514. The monoisotopic (exact) mass is 452 g/mol. The number of rotatable bonds is 4. The fraction of sp³-hybridized carbons (Fsp3) is 0.556. The van der Waals surface area contributed by atoms with E-state index in [1.54, 1.807) is 12.4 Å². The number of nitrogens with one attached hydrogen (secondary N) is 2. The summed E-state index contributed by atoms with van der Waals surface area (Å²) in [5.74, 6) is 2.15. The second kappa shape index (κ2) is 8.25. The first kappa shape index (κ1) is 18.3. The lowest BCUT2D eigenvalue weighted by molar-refractivity contribution is 0.259. The molecule has 2 heterocycles. The van der Waals surface area contributed by atoms with Crippen molar-refractivity contribution in [1.82, 2.24) is 19.9 Å². The van der Waals surface area contributed by atoms with E-state index in [2.05, 4.69) is 67.0 Å². The van der Waals surface area contributed by atoms with Crippen molar-refractivity contribution < 1.29 is 0 Å². The van der Waals surface area contributed by atoms with Crippen LogP contribution in [0.3, 0.4) is 0 Å². The summed E-state index contributed by atoms with van der Waals surface area (Å²) in [6, 6.07) is 4.12. The SMILES string of the molecule is CC1(C)CCCCC(Nc2nccc(Nc3ccnc(I)n3)n2)CC1. The Bertz CT molecular complexity index is 705. The minimum atomic E-state index is 0.439. The first-order chi connectivity index (χ1) is 12.0. The molecule has 1 atom stereocenters. The van der Waals surface area contributed by atoms with Crippen molar-refractivity contribution >= 4 is 40.2 Å². The molecular weight excluding hydrogens is 427 g/mol. The summed E-state index contributed by atoms with van der Waals surface area (Å²) < 4.78 is 0.701. The molecule has 0 aromatic carbocycles. The Kier molecular flexibility index (Phi) is 6.03. The van der Waals surface area contributed by atoms with E-state index in [0.29, 0.717) is 21.2 Å². The zero-order valence-corrected chi connectivity index (χ0v) is 17.0. The topological polar surface area (TPSA) is 75.6 Å². The molecule has 7 heteroatoms. The highest BCUT2D eigenvalue weighted by atomic mass is 127. The first-order valence-corrected chi connectivity index (χ1v) is 9.93. The molecule has 0 spiro atoms. The normalized spacial score (nSPS) is 20.4. The van der Waals surface area contributed by atoms with Crippen LogP contribution in [0.15, 0.2) is 24.5 Å². The van der Waals surface area contributed by atoms with Crippen molar-refractivity contribution in [2.24, 2.45) is 5.41 Å². The molecule has 0 amide bonds. The van der Waals surface area contributed by atoms with Crippen molar-refractivity contribution in [2.75, 3.05) is 10.6 Å². The van der Waals surface area contributed by atoms with E-state index in [1.165, 1.54) is 32.1 Å². The van der Waals surface area contributed by atoms with E-state index in [0.717, 1.165) is 18.1 Å². The molecule has 0 bridgehead atoms. The van der Waals surface area contributed by atoms with Gasteiger partial charge in [0.05, 0.1) is 0 Å². The molecule has 3 rings (SSSR count). The Labute approximate surface area is 162 Å². The van der Waals surface area contributed by atoms with E-state index in [4.69, 9.17) is 0 Å². The van der Waals surface area contributed by atoms with Gasteiger partial charge in [0.25, 0.3) is 0 Å². The Morgan fingerprint density at radius 2 is 1.76 bits per heavy atom. The van der Waals surface area contributed by atoms with Gasteiger partial charge < -0.3 is 10.6 Å². The van der Waals surface area contributed by atoms with Gasteiger partial charge in [-0.25, -0.2) is 15.0 Å². The number of hydrogen-bond donors (Lipinski definition) is 2. The van der Waals surface area contributed by atoms with Crippen LogP contribution in [0.4, 0.5) is 17.6 Å². The predicted octanol–water partition coefficient (Wildman–Crippen LogP) is 4.78. The van der Waals surface area contributed by atoms with Crippen LogP contribution in [-0.4, -0.2) is 26.0 Å². The average molecular weight is 452 g/mol. The lowest BCUT2D eigenvalue weighted by Gasteiger charge is -2.30. The number of anilines is 3. The number of halogens is 1. The van der Waals surface area contributed by atoms with Gasteiger partial charge in [-0.05, 0) is 43.2 Å². The standard InChI is InChI=1S/C18H25IN6/c1-18(2)9-4-3-5-13(6-10-18)22-17-21-12-8-15(25-17)23-14-7-11-20-16(19)24-14/h7-8,11-13H,3-6,9-10H2,1-2H3,(H2,20,21,22,23,24,25). The Balaban J connectivity index is 1.64. The summed E-state index contributed by atoms with van der Waals surface area (Å²) in [4.78, 5) is 17.4. The molecule has 25 heavy (non-hydrogen) atoms. The molecule has 0 saturated heterocycles. The first-order valence-electron chi connectivity index (χ1n) is 8.85. The highest BCUT2D eigenvalue weighted by Gasteiger charge is 2.23. The van der Waals surface area contributed by atoms with E-state index < -0.39 is 0 Å². The highest BCUT2D eigenvalue weighted by Crippen LogP contribution is 2.33. The molecule has 1 fully saturated rings. The summed E-state index contributed by atoms with van der Waals surface area (Å²) in [6.07, 6.45) is 11.0. The lowest BCUT2D eigenvalue weighted by atomic mass is 9.78. The van der Waals surface area contributed by atoms with Crippen LogP contribution < -0.4 is 10.6 Å². The van der Waals surface area contributed by atoms with Crippen LogP contribution in [0.2, 0.25) is 0 Å². The third-order valence-corrected chi connectivity index (χ3v) is 5.22. The van der Waals surface area contributed by atoms with Gasteiger partial charge in [-0.1, -0.05) is 26.7 Å². The van der Waals surface area contributed by atoms with Crippen molar-refractivity contribution in [3.63, 3.8) is 0 Å². The molecule has 1 aliphatic carbocycles. The van der Waals surface area contributed by atoms with Crippen molar-refractivity contribution in [2.45, 2.75) is 58.4 Å². The fourth-order valence-corrected chi connectivity index (χ4v) is 3.61. The molecule has 0 aliphatic heterocycles. The Hall–Kier alpha value is -1.51. The summed E-state index contributed by atoms with van der Waals surface area (Å²) in [5, 5.41) is 6.74. The maximum atomic E-state index is 4.59. The number of hydrogen-bond acceptors (Lipinski definition) is 6. The van der Waals surface area contributed by atoms with Crippen LogP contribution in [0.1, 0.15) is 52.4 Å². The molecule has 1 aliphatic rings. The van der Waals surface area contributed by atoms with Crippen LogP contribution in [-0.2, 0) is 0 Å². The van der Waals surface area contributed by atoms with E-state index >= 15 is 0 Å². The van der Waals surface area contributed by atoms with Crippen molar-refractivity contribution in [1.29, 1.82) is 0 Å². The summed E-state index contributed by atoms with van der Waals surface area (Å²) in [5.41, 5.74) is 0.439. The van der Waals surface area contributed by atoms with Gasteiger partial charge >= 0.3 is 0 Å². The third-order valence-electron chi connectivity index (χ3n) is 4.70. The van der Waals surface area contributed by atoms with Crippen molar-refractivity contribution in [3.8, 4) is 0 Å². The smallest absolute Gasteiger partial charge is 0.224 e. The fourth-order valence-electron chi connectivity index (χ4n) is 3.19. The van der Waals surface area contributed by atoms with Gasteiger partial charge in [-0.3, -0.25) is 0 Å². The van der Waals surface area contributed by atoms with Gasteiger partial charge in [0.15, 0.2) is 3.83 Å². The zero-order valence-electron chi connectivity index (χ0n) is 14.8.